The Kier molecular flexibility index (Phi) is 8.31. The second-order valence-electron chi connectivity index (χ2n) is 5.36. The zero-order valence-electron chi connectivity index (χ0n) is 14.5. The first-order chi connectivity index (χ1) is 12.6. The van der Waals surface area contributed by atoms with Gasteiger partial charge in [0.1, 0.15) is 0 Å². The Balaban J connectivity index is 1.68. The molecule has 0 aliphatic carbocycles. The molecule has 2 rings (SSSR count). The van der Waals surface area contributed by atoms with Crippen molar-refractivity contribution in [2.45, 2.75) is 12.7 Å². The Morgan fingerprint density at radius 2 is 1.77 bits per heavy atom. The summed E-state index contributed by atoms with van der Waals surface area (Å²) < 4.78 is 4.80. The predicted molar refractivity (Wildman–Crippen MR) is 107 cm³/mol. The highest BCUT2D eigenvalue weighted by Gasteiger charge is 2.06. The largest absolute Gasteiger partial charge is 0.450 e. The zero-order valence-corrected chi connectivity index (χ0v) is 16.0. The molecule has 26 heavy (non-hydrogen) atoms. The molecule has 0 aliphatic heterocycles. The number of rotatable bonds is 8. The first-order valence-corrected chi connectivity index (χ1v) is 9.76. The maximum absolute atomic E-state index is 12.1. The SMILES string of the molecule is CCOC(=O)Nc1ccc(C(=O)NCCSCc2ccc(Cl)cc2)cc1. The minimum absolute atomic E-state index is 0.139. The van der Waals surface area contributed by atoms with E-state index in [9.17, 15) is 9.59 Å². The molecule has 2 aromatic carbocycles. The quantitative estimate of drug-likeness (QED) is 0.645. The van der Waals surface area contributed by atoms with E-state index in [-0.39, 0.29) is 5.91 Å². The smallest absolute Gasteiger partial charge is 0.411 e. The van der Waals surface area contributed by atoms with Crippen molar-refractivity contribution in [2.75, 3.05) is 24.2 Å². The van der Waals surface area contributed by atoms with E-state index >= 15 is 0 Å². The van der Waals surface area contributed by atoms with Crippen LogP contribution in [0.5, 0.6) is 0 Å². The van der Waals surface area contributed by atoms with Crippen molar-refractivity contribution in [3.05, 3.63) is 64.7 Å². The van der Waals surface area contributed by atoms with E-state index in [0.29, 0.717) is 24.4 Å². The van der Waals surface area contributed by atoms with E-state index in [2.05, 4.69) is 10.6 Å². The van der Waals surface area contributed by atoms with Crippen molar-refractivity contribution in [1.29, 1.82) is 0 Å². The van der Waals surface area contributed by atoms with Gasteiger partial charge in [-0.2, -0.15) is 11.8 Å². The van der Waals surface area contributed by atoms with Gasteiger partial charge in [0.2, 0.25) is 0 Å². The van der Waals surface area contributed by atoms with Gasteiger partial charge in [-0.3, -0.25) is 10.1 Å². The van der Waals surface area contributed by atoms with E-state index in [0.717, 1.165) is 16.5 Å². The molecule has 0 saturated heterocycles. The van der Waals surface area contributed by atoms with Gasteiger partial charge in [0.25, 0.3) is 5.91 Å². The van der Waals surface area contributed by atoms with Crippen molar-refractivity contribution in [3.8, 4) is 0 Å². The third kappa shape index (κ3) is 6.98. The van der Waals surface area contributed by atoms with Crippen LogP contribution >= 0.6 is 23.4 Å². The first-order valence-electron chi connectivity index (χ1n) is 8.22. The lowest BCUT2D eigenvalue weighted by Gasteiger charge is -2.08. The standard InChI is InChI=1S/C19H21ClN2O3S/c1-2-25-19(24)22-17-9-5-15(6-10-17)18(23)21-11-12-26-13-14-3-7-16(20)8-4-14/h3-10H,2,11-13H2,1H3,(H,21,23)(H,22,24). The molecule has 138 valence electrons. The number of halogens is 1. The number of benzene rings is 2. The molecule has 0 heterocycles. The number of thioether (sulfide) groups is 1. The Labute approximate surface area is 162 Å². The normalized spacial score (nSPS) is 10.2. The Hall–Kier alpha value is -2.18. The Morgan fingerprint density at radius 1 is 1.08 bits per heavy atom. The summed E-state index contributed by atoms with van der Waals surface area (Å²) in [6.07, 6.45) is -0.512. The molecule has 7 heteroatoms. The molecule has 5 nitrogen and oxygen atoms in total. The van der Waals surface area contributed by atoms with Crippen molar-refractivity contribution < 1.29 is 14.3 Å². The number of hydrogen-bond donors (Lipinski definition) is 2. The van der Waals surface area contributed by atoms with Gasteiger partial charge in [-0.1, -0.05) is 23.7 Å². The highest BCUT2D eigenvalue weighted by molar-refractivity contribution is 7.98. The molecular formula is C19H21ClN2O3S. The van der Waals surface area contributed by atoms with Gasteiger partial charge < -0.3 is 10.1 Å². The summed E-state index contributed by atoms with van der Waals surface area (Å²) in [6.45, 7) is 2.63. The van der Waals surface area contributed by atoms with Gasteiger partial charge >= 0.3 is 6.09 Å². The second kappa shape index (κ2) is 10.7. The van der Waals surface area contributed by atoms with Crippen LogP contribution in [0.3, 0.4) is 0 Å². The van der Waals surface area contributed by atoms with Crippen LogP contribution in [-0.2, 0) is 10.5 Å². The van der Waals surface area contributed by atoms with E-state index in [1.54, 1.807) is 43.0 Å². The Morgan fingerprint density at radius 3 is 2.42 bits per heavy atom. The first kappa shape index (κ1) is 20.1. The summed E-state index contributed by atoms with van der Waals surface area (Å²) in [4.78, 5) is 23.4. The average molecular weight is 393 g/mol. The van der Waals surface area contributed by atoms with E-state index < -0.39 is 6.09 Å². The van der Waals surface area contributed by atoms with Crippen LogP contribution in [0.15, 0.2) is 48.5 Å². The number of nitrogens with one attached hydrogen (secondary N) is 2. The lowest BCUT2D eigenvalue weighted by molar-refractivity contribution is 0.0956. The Bertz CT molecular complexity index is 721. The lowest BCUT2D eigenvalue weighted by atomic mass is 10.2. The van der Waals surface area contributed by atoms with E-state index in [1.165, 1.54) is 5.56 Å². The predicted octanol–water partition coefficient (Wildman–Crippen LogP) is 4.57. The fraction of sp³-hybridized carbons (Fsp3) is 0.263. The maximum Gasteiger partial charge on any atom is 0.411 e. The third-order valence-electron chi connectivity index (χ3n) is 3.38. The van der Waals surface area contributed by atoms with Crippen molar-refractivity contribution in [2.24, 2.45) is 0 Å². The zero-order chi connectivity index (χ0) is 18.8. The van der Waals surface area contributed by atoms with Crippen LogP contribution in [-0.4, -0.2) is 30.9 Å². The highest BCUT2D eigenvalue weighted by atomic mass is 35.5. The summed E-state index contributed by atoms with van der Waals surface area (Å²) in [5.74, 6) is 1.55. The van der Waals surface area contributed by atoms with Crippen LogP contribution in [0.25, 0.3) is 0 Å². The number of anilines is 1. The molecule has 2 aromatic rings. The number of amides is 2. The second-order valence-corrected chi connectivity index (χ2v) is 6.90. The van der Waals surface area contributed by atoms with Gasteiger partial charge in [-0.15, -0.1) is 0 Å². The number of hydrogen-bond acceptors (Lipinski definition) is 4. The fourth-order valence-corrected chi connectivity index (χ4v) is 3.04. The summed E-state index contributed by atoms with van der Waals surface area (Å²) in [5, 5.41) is 6.20. The summed E-state index contributed by atoms with van der Waals surface area (Å²) in [5.41, 5.74) is 2.33. The van der Waals surface area contributed by atoms with Crippen LogP contribution < -0.4 is 10.6 Å². The molecule has 0 unspecified atom stereocenters. The maximum atomic E-state index is 12.1. The molecule has 0 spiro atoms. The van der Waals surface area contributed by atoms with Gasteiger partial charge in [-0.25, -0.2) is 4.79 Å². The van der Waals surface area contributed by atoms with Crippen molar-refractivity contribution in [1.82, 2.24) is 5.32 Å². The summed E-state index contributed by atoms with van der Waals surface area (Å²) >= 11 is 7.60. The third-order valence-corrected chi connectivity index (χ3v) is 4.67. The minimum atomic E-state index is -0.512. The molecule has 2 amide bonds. The average Bonchev–Trinajstić information content (AvgIpc) is 2.63. The number of ether oxygens (including phenoxy) is 1. The van der Waals surface area contributed by atoms with Crippen LogP contribution in [0.4, 0.5) is 10.5 Å². The van der Waals surface area contributed by atoms with Gasteiger partial charge in [0, 0.05) is 34.3 Å². The monoisotopic (exact) mass is 392 g/mol. The van der Waals surface area contributed by atoms with Crippen LogP contribution in [0, 0.1) is 0 Å². The molecule has 0 aromatic heterocycles. The van der Waals surface area contributed by atoms with E-state index in [1.807, 2.05) is 24.3 Å². The molecule has 0 saturated carbocycles. The molecule has 0 atom stereocenters. The lowest BCUT2D eigenvalue weighted by Crippen LogP contribution is -2.25. The number of carbonyl (C=O) groups is 2. The minimum Gasteiger partial charge on any atom is -0.450 e. The molecule has 0 fully saturated rings. The summed E-state index contributed by atoms with van der Waals surface area (Å²) in [7, 11) is 0. The van der Waals surface area contributed by atoms with Crippen molar-refractivity contribution >= 4 is 41.1 Å². The molecule has 2 N–H and O–H groups in total. The van der Waals surface area contributed by atoms with Crippen molar-refractivity contribution in [3.63, 3.8) is 0 Å². The highest BCUT2D eigenvalue weighted by Crippen LogP contribution is 2.15. The van der Waals surface area contributed by atoms with E-state index in [4.69, 9.17) is 16.3 Å². The molecule has 0 bridgehead atoms. The molecule has 0 aliphatic rings. The topological polar surface area (TPSA) is 67.4 Å². The van der Waals surface area contributed by atoms with Gasteiger partial charge in [-0.05, 0) is 48.9 Å². The molecule has 0 radical (unpaired) electrons. The summed E-state index contributed by atoms with van der Waals surface area (Å²) in [6, 6.07) is 14.4. The van der Waals surface area contributed by atoms with Gasteiger partial charge in [0.15, 0.2) is 0 Å². The fourth-order valence-electron chi connectivity index (χ4n) is 2.10. The molecular weight excluding hydrogens is 372 g/mol. The number of carbonyl (C=O) groups excluding carboxylic acids is 2. The van der Waals surface area contributed by atoms with Crippen LogP contribution in [0.1, 0.15) is 22.8 Å². The van der Waals surface area contributed by atoms with Crippen LogP contribution in [0.2, 0.25) is 5.02 Å². The van der Waals surface area contributed by atoms with Gasteiger partial charge in [0.05, 0.1) is 6.61 Å².